The van der Waals surface area contributed by atoms with Crippen molar-refractivity contribution in [1.29, 1.82) is 0 Å². The lowest BCUT2D eigenvalue weighted by molar-refractivity contribution is -0.138. The maximum absolute atomic E-state index is 12.9. The molecule has 3 aliphatic rings. The van der Waals surface area contributed by atoms with Gasteiger partial charge in [0.1, 0.15) is 0 Å². The zero-order chi connectivity index (χ0) is 21.6. The number of para-hydroxylation sites is 1. The minimum absolute atomic E-state index is 0.0958. The lowest BCUT2D eigenvalue weighted by Gasteiger charge is -2.44. The lowest BCUT2D eigenvalue weighted by Crippen LogP contribution is -2.51. The van der Waals surface area contributed by atoms with E-state index >= 15 is 0 Å². The van der Waals surface area contributed by atoms with Crippen molar-refractivity contribution in [3.63, 3.8) is 0 Å². The smallest absolute Gasteiger partial charge is 0.335 e. The molecule has 3 N–H and O–H groups in total. The molecule has 2 heterocycles. The van der Waals surface area contributed by atoms with Crippen molar-refractivity contribution in [2.45, 2.75) is 36.9 Å². The van der Waals surface area contributed by atoms with Gasteiger partial charge in [0.2, 0.25) is 0 Å². The summed E-state index contributed by atoms with van der Waals surface area (Å²) in [5, 5.41) is 24.0. The Labute approximate surface area is 182 Å². The Morgan fingerprint density at radius 3 is 2.71 bits per heavy atom. The van der Waals surface area contributed by atoms with Crippen molar-refractivity contribution in [2.24, 2.45) is 5.92 Å². The van der Waals surface area contributed by atoms with Gasteiger partial charge in [0.05, 0.1) is 30.8 Å². The number of hydrogen-bond donors (Lipinski definition) is 3. The monoisotopic (exact) mass is 420 g/mol. The molecule has 2 aromatic rings. The SMILES string of the molecule is COC(=O)C1=C2Nc3ccccc3[C@@]23CCN(Cc2ccccc2)[C@H]3CC1[C@H](O)CO. The number of esters is 1. The molecule has 162 valence electrons. The maximum atomic E-state index is 12.9. The molecule has 4 atom stereocenters. The van der Waals surface area contributed by atoms with Crippen LogP contribution in [0.1, 0.15) is 24.0 Å². The molecule has 31 heavy (non-hydrogen) atoms. The molecule has 6 heteroatoms. The molecule has 1 spiro atoms. The third kappa shape index (κ3) is 3.01. The number of aliphatic hydroxyl groups is 2. The van der Waals surface area contributed by atoms with Gasteiger partial charge >= 0.3 is 5.97 Å². The van der Waals surface area contributed by atoms with E-state index in [1.165, 1.54) is 18.2 Å². The van der Waals surface area contributed by atoms with Crippen molar-refractivity contribution < 1.29 is 19.7 Å². The number of anilines is 1. The highest BCUT2D eigenvalue weighted by Gasteiger charge is 2.60. The first-order chi connectivity index (χ1) is 15.1. The summed E-state index contributed by atoms with van der Waals surface area (Å²) < 4.78 is 5.15. The highest BCUT2D eigenvalue weighted by atomic mass is 16.5. The number of nitrogens with zero attached hydrogens (tertiary/aromatic N) is 1. The normalized spacial score (nSPS) is 27.8. The molecule has 0 aromatic heterocycles. The molecule has 5 rings (SSSR count). The molecule has 0 bridgehead atoms. The number of benzene rings is 2. The largest absolute Gasteiger partial charge is 0.466 e. The molecule has 1 saturated heterocycles. The second kappa shape index (κ2) is 7.79. The van der Waals surface area contributed by atoms with Crippen molar-refractivity contribution in [2.75, 3.05) is 25.6 Å². The second-order valence-corrected chi connectivity index (χ2v) is 8.74. The Morgan fingerprint density at radius 2 is 1.97 bits per heavy atom. The number of nitrogens with one attached hydrogen (secondary N) is 1. The number of rotatable bonds is 5. The predicted octanol–water partition coefficient (Wildman–Crippen LogP) is 2.42. The summed E-state index contributed by atoms with van der Waals surface area (Å²) in [6, 6.07) is 18.7. The van der Waals surface area contributed by atoms with Crippen molar-refractivity contribution >= 4 is 11.7 Å². The molecule has 0 saturated carbocycles. The second-order valence-electron chi connectivity index (χ2n) is 8.74. The van der Waals surface area contributed by atoms with Crippen LogP contribution in [0.15, 0.2) is 65.9 Å². The quantitative estimate of drug-likeness (QED) is 0.645. The average molecular weight is 421 g/mol. The van der Waals surface area contributed by atoms with Gasteiger partial charge in [0, 0.05) is 36.4 Å². The first-order valence-electron chi connectivity index (χ1n) is 10.9. The van der Waals surface area contributed by atoms with Crippen LogP contribution >= 0.6 is 0 Å². The first-order valence-corrected chi connectivity index (χ1v) is 10.9. The van der Waals surface area contributed by atoms with Gasteiger partial charge in [-0.25, -0.2) is 4.79 Å². The highest BCUT2D eigenvalue weighted by molar-refractivity contribution is 5.93. The van der Waals surface area contributed by atoms with E-state index in [0.29, 0.717) is 12.0 Å². The number of aliphatic hydroxyl groups excluding tert-OH is 2. The van der Waals surface area contributed by atoms with Gasteiger partial charge in [-0.05, 0) is 30.0 Å². The summed E-state index contributed by atoms with van der Waals surface area (Å²) >= 11 is 0. The van der Waals surface area contributed by atoms with Crippen LogP contribution in [-0.4, -0.2) is 53.5 Å². The third-order valence-electron chi connectivity index (χ3n) is 7.32. The summed E-state index contributed by atoms with van der Waals surface area (Å²) in [7, 11) is 1.37. The Kier molecular flexibility index (Phi) is 5.08. The summed E-state index contributed by atoms with van der Waals surface area (Å²) in [5.41, 5.74) is 4.40. The van der Waals surface area contributed by atoms with Crippen molar-refractivity contribution in [3.8, 4) is 0 Å². The third-order valence-corrected chi connectivity index (χ3v) is 7.32. The zero-order valence-corrected chi connectivity index (χ0v) is 17.6. The van der Waals surface area contributed by atoms with Crippen LogP contribution in [0, 0.1) is 5.92 Å². The molecular weight excluding hydrogens is 392 g/mol. The zero-order valence-electron chi connectivity index (χ0n) is 17.6. The van der Waals surface area contributed by atoms with Crippen LogP contribution in [0.2, 0.25) is 0 Å². The molecule has 1 fully saturated rings. The molecule has 1 aliphatic carbocycles. The van der Waals surface area contributed by atoms with E-state index < -0.39 is 24.6 Å². The number of fused-ring (bicyclic) bond motifs is 1. The topological polar surface area (TPSA) is 82.0 Å². The van der Waals surface area contributed by atoms with Crippen LogP contribution in [0.3, 0.4) is 0 Å². The van der Waals surface area contributed by atoms with Crippen molar-refractivity contribution in [3.05, 3.63) is 77.0 Å². The van der Waals surface area contributed by atoms with Gasteiger partial charge in [-0.3, -0.25) is 4.90 Å². The average Bonchev–Trinajstić information content (AvgIpc) is 3.34. The minimum Gasteiger partial charge on any atom is -0.466 e. The van der Waals surface area contributed by atoms with E-state index in [2.05, 4.69) is 28.4 Å². The molecule has 1 unspecified atom stereocenters. The summed E-state index contributed by atoms with van der Waals surface area (Å²) in [4.78, 5) is 15.4. The fourth-order valence-corrected chi connectivity index (χ4v) is 5.97. The molecule has 0 radical (unpaired) electrons. The molecular formula is C25H28N2O4. The van der Waals surface area contributed by atoms with Crippen LogP contribution in [0.25, 0.3) is 0 Å². The van der Waals surface area contributed by atoms with E-state index in [9.17, 15) is 15.0 Å². The van der Waals surface area contributed by atoms with Gasteiger partial charge in [0.15, 0.2) is 0 Å². The summed E-state index contributed by atoms with van der Waals surface area (Å²) in [6.45, 7) is 1.29. The van der Waals surface area contributed by atoms with Gasteiger partial charge in [-0.1, -0.05) is 48.5 Å². The molecule has 2 aromatic carbocycles. The Balaban J connectivity index is 1.66. The molecule has 0 amide bonds. The summed E-state index contributed by atoms with van der Waals surface area (Å²) in [5.74, 6) is -0.934. The van der Waals surface area contributed by atoms with Gasteiger partial charge < -0.3 is 20.3 Å². The van der Waals surface area contributed by atoms with Crippen LogP contribution in [0.5, 0.6) is 0 Å². The molecule has 6 nitrogen and oxygen atoms in total. The van der Waals surface area contributed by atoms with Crippen LogP contribution < -0.4 is 5.32 Å². The van der Waals surface area contributed by atoms with E-state index in [4.69, 9.17) is 4.74 Å². The standard InChI is InChI=1S/C25H28N2O4/c1-31-24(30)22-17(20(29)15-28)13-21-25(18-9-5-6-10-19(18)26-23(22)25)11-12-27(21)14-16-7-3-2-4-8-16/h2-10,17,20-21,26,28-29H,11-15H2,1H3/t17?,20-,21+,25-/m1/s1. The van der Waals surface area contributed by atoms with Gasteiger partial charge in [-0.15, -0.1) is 0 Å². The lowest BCUT2D eigenvalue weighted by atomic mass is 9.63. The number of likely N-dealkylation sites (tertiary alicyclic amines) is 1. The summed E-state index contributed by atoms with van der Waals surface area (Å²) in [6.07, 6.45) is 0.439. The van der Waals surface area contributed by atoms with Crippen LogP contribution in [-0.2, 0) is 21.5 Å². The van der Waals surface area contributed by atoms with Crippen LogP contribution in [0.4, 0.5) is 5.69 Å². The number of hydrogen-bond acceptors (Lipinski definition) is 6. The van der Waals surface area contributed by atoms with E-state index in [0.717, 1.165) is 30.9 Å². The predicted molar refractivity (Wildman–Crippen MR) is 117 cm³/mol. The minimum atomic E-state index is -1.02. The Hall–Kier alpha value is -2.67. The number of carbonyl (C=O) groups excluding carboxylic acids is 1. The van der Waals surface area contributed by atoms with Crippen molar-refractivity contribution in [1.82, 2.24) is 4.90 Å². The molecule has 2 aliphatic heterocycles. The van der Waals surface area contributed by atoms with Gasteiger partial charge in [0.25, 0.3) is 0 Å². The van der Waals surface area contributed by atoms with Gasteiger partial charge in [-0.2, -0.15) is 0 Å². The number of methoxy groups -OCH3 is 1. The van der Waals surface area contributed by atoms with E-state index in [1.807, 2.05) is 36.4 Å². The maximum Gasteiger partial charge on any atom is 0.335 e. The van der Waals surface area contributed by atoms with E-state index in [-0.39, 0.29) is 11.5 Å². The highest BCUT2D eigenvalue weighted by Crippen LogP contribution is 2.59. The number of ether oxygens (including phenoxy) is 1. The number of carbonyl (C=O) groups is 1. The fourth-order valence-electron chi connectivity index (χ4n) is 5.97. The Bertz CT molecular complexity index is 1020. The first kappa shape index (κ1) is 20.2. The van der Waals surface area contributed by atoms with E-state index in [1.54, 1.807) is 0 Å². The fraction of sp³-hybridized carbons (Fsp3) is 0.400. The Morgan fingerprint density at radius 1 is 1.23 bits per heavy atom.